The molecule has 1 fully saturated rings. The number of ether oxygens (including phenoxy) is 2. The third-order valence-corrected chi connectivity index (χ3v) is 10.7. The van der Waals surface area contributed by atoms with Crippen LogP contribution in [0.2, 0.25) is 0 Å². The molecule has 63 heavy (non-hydrogen) atoms. The van der Waals surface area contributed by atoms with E-state index in [1.165, 1.54) is 28.6 Å². The van der Waals surface area contributed by atoms with E-state index in [0.29, 0.717) is 64.7 Å². The van der Waals surface area contributed by atoms with Gasteiger partial charge in [0.1, 0.15) is 11.4 Å². The first-order valence-electron chi connectivity index (χ1n) is 20.2. The van der Waals surface area contributed by atoms with E-state index in [2.05, 4.69) is 42.9 Å². The minimum Gasteiger partial charge on any atom is -0.493 e. The van der Waals surface area contributed by atoms with Crippen molar-refractivity contribution in [2.75, 3.05) is 48.1 Å². The number of carbonyl (C=O) groups excluding carboxylic acids is 5. The molecule has 19 nitrogen and oxygen atoms in total. The summed E-state index contributed by atoms with van der Waals surface area (Å²) >= 11 is 0. The van der Waals surface area contributed by atoms with Gasteiger partial charge >= 0.3 is 0 Å². The number of rotatable bonds is 14. The molecule has 2 aromatic carbocycles. The van der Waals surface area contributed by atoms with Gasteiger partial charge in [-0.25, -0.2) is 4.98 Å². The largest absolute Gasteiger partial charge is 0.493 e. The predicted octanol–water partition coefficient (Wildman–Crippen LogP) is 5.36. The monoisotopic (exact) mass is 854 g/mol. The van der Waals surface area contributed by atoms with E-state index in [-0.39, 0.29) is 54.1 Å². The molecule has 2 aliphatic heterocycles. The van der Waals surface area contributed by atoms with Crippen molar-refractivity contribution in [1.82, 2.24) is 33.4 Å². The van der Waals surface area contributed by atoms with Gasteiger partial charge in [0.2, 0.25) is 11.7 Å². The number of fused-ring (bicyclic) bond motifs is 3. The SMILES string of the molecule is C=C1C[C@H]2C=Nc3cc(OCCCC(=O)Nc4cn(C)c(C(=O)Nc5cc(C(=O)Nc6cc(C(=O)n7ncc8ccc(NCC)cc87)n(C)c6)n(C)c5)n4)c(OC)cc3C(=O)N2C1. The fraction of sp³-hybridized carbons (Fsp3) is 0.273. The van der Waals surface area contributed by atoms with Gasteiger partial charge < -0.3 is 49.3 Å². The van der Waals surface area contributed by atoms with E-state index in [1.807, 2.05) is 25.1 Å². The molecule has 0 unspecified atom stereocenters. The van der Waals surface area contributed by atoms with Gasteiger partial charge in [-0.2, -0.15) is 9.78 Å². The Bertz CT molecular complexity index is 2860. The van der Waals surface area contributed by atoms with Crippen LogP contribution in [0.15, 0.2) is 84.4 Å². The summed E-state index contributed by atoms with van der Waals surface area (Å²) in [5, 5.41) is 16.7. The molecule has 0 bridgehead atoms. The Morgan fingerprint density at radius 3 is 2.38 bits per heavy atom. The van der Waals surface area contributed by atoms with Crippen LogP contribution in [0, 0.1) is 0 Å². The second-order valence-corrected chi connectivity index (χ2v) is 15.3. The van der Waals surface area contributed by atoms with E-state index in [9.17, 15) is 24.0 Å². The molecule has 19 heteroatoms. The first kappa shape index (κ1) is 41.8. The molecule has 4 N–H and O–H groups in total. The Hall–Kier alpha value is -7.96. The number of amides is 4. The molecule has 0 radical (unpaired) electrons. The van der Waals surface area contributed by atoms with E-state index in [0.717, 1.165) is 23.2 Å². The molecule has 6 heterocycles. The lowest BCUT2D eigenvalue weighted by atomic mass is 10.1. The molecular weight excluding hydrogens is 809 g/mol. The van der Waals surface area contributed by atoms with Gasteiger partial charge in [0.15, 0.2) is 17.3 Å². The highest BCUT2D eigenvalue weighted by Crippen LogP contribution is 2.38. The molecule has 4 amide bonds. The zero-order chi connectivity index (χ0) is 44.5. The maximum atomic E-state index is 13.6. The van der Waals surface area contributed by atoms with Crippen molar-refractivity contribution in [3.05, 3.63) is 102 Å². The summed E-state index contributed by atoms with van der Waals surface area (Å²) < 4.78 is 17.5. The minimum atomic E-state index is -0.564. The fourth-order valence-corrected chi connectivity index (χ4v) is 7.65. The van der Waals surface area contributed by atoms with Crippen LogP contribution in [0.3, 0.4) is 0 Å². The van der Waals surface area contributed by atoms with E-state index >= 15 is 0 Å². The lowest BCUT2D eigenvalue weighted by molar-refractivity contribution is -0.116. The molecule has 4 aromatic heterocycles. The summed E-state index contributed by atoms with van der Waals surface area (Å²) in [6.45, 7) is 7.39. The zero-order valence-electron chi connectivity index (χ0n) is 35.4. The number of nitrogens with zero attached hydrogens (tertiary/aromatic N) is 8. The van der Waals surface area contributed by atoms with Gasteiger partial charge in [-0.1, -0.05) is 12.2 Å². The number of benzene rings is 2. The smallest absolute Gasteiger partial charge is 0.295 e. The van der Waals surface area contributed by atoms with Crippen LogP contribution in [0.1, 0.15) is 68.1 Å². The van der Waals surface area contributed by atoms with Crippen molar-refractivity contribution in [2.24, 2.45) is 26.1 Å². The van der Waals surface area contributed by atoms with Gasteiger partial charge in [0.25, 0.3) is 23.6 Å². The van der Waals surface area contributed by atoms with Crippen molar-refractivity contribution in [2.45, 2.75) is 32.2 Å². The van der Waals surface area contributed by atoms with E-state index in [1.54, 1.807) is 78.2 Å². The third-order valence-electron chi connectivity index (χ3n) is 10.7. The molecule has 6 aromatic rings. The Balaban J connectivity index is 0.837. The van der Waals surface area contributed by atoms with Gasteiger partial charge in [-0.15, -0.1) is 0 Å². The van der Waals surface area contributed by atoms with Crippen molar-refractivity contribution in [3.63, 3.8) is 0 Å². The van der Waals surface area contributed by atoms with Crippen LogP contribution >= 0.6 is 0 Å². The molecule has 324 valence electrons. The van der Waals surface area contributed by atoms with Crippen molar-refractivity contribution in [1.29, 1.82) is 0 Å². The Kier molecular flexibility index (Phi) is 11.4. The van der Waals surface area contributed by atoms with Crippen molar-refractivity contribution in [3.8, 4) is 11.5 Å². The fourth-order valence-electron chi connectivity index (χ4n) is 7.65. The summed E-state index contributed by atoms with van der Waals surface area (Å²) in [6.07, 6.45) is 9.24. The maximum Gasteiger partial charge on any atom is 0.295 e. The molecule has 1 saturated heterocycles. The standard InChI is InChI=1S/C44H46N12O7/c1-7-45-27-11-10-26-19-47-56(33(26)14-27)44(61)35-16-29(23-53(35)4)48-41(58)34-15-28(22-52(34)3)49-42(59)40-51-38(24-54(40)5)50-39(57)9-8-12-63-37-18-32-31(17-36(37)62-6)43(60)55-21-25(2)13-30(55)20-46-32/h10-11,14-20,22-24,30,45H,2,7-9,12-13,21H2,1,3-6H3,(H,48,58)(H,49,59)(H,50,57)/t30-/m0/s1. The number of carbonyl (C=O) groups is 5. The maximum absolute atomic E-state index is 13.6. The number of aryl methyl sites for hydroxylation is 3. The van der Waals surface area contributed by atoms with Crippen LogP contribution in [-0.2, 0) is 25.9 Å². The minimum absolute atomic E-state index is 0.0228. The number of imidazole rings is 1. The Labute approximate surface area is 361 Å². The lowest BCUT2D eigenvalue weighted by Crippen LogP contribution is -2.35. The second kappa shape index (κ2) is 17.2. The highest BCUT2D eigenvalue weighted by Gasteiger charge is 2.34. The van der Waals surface area contributed by atoms with E-state index in [4.69, 9.17) is 9.47 Å². The zero-order valence-corrected chi connectivity index (χ0v) is 35.4. The molecule has 0 saturated carbocycles. The highest BCUT2D eigenvalue weighted by molar-refractivity contribution is 6.08. The topological polar surface area (TPSA) is 213 Å². The Morgan fingerprint density at radius 2 is 1.62 bits per heavy atom. The van der Waals surface area contributed by atoms with Crippen LogP contribution in [0.25, 0.3) is 10.9 Å². The number of methoxy groups -OCH3 is 1. The number of aromatic nitrogens is 6. The van der Waals surface area contributed by atoms with E-state index < -0.39 is 11.8 Å². The molecular formula is C44H46N12O7. The number of nitrogens with one attached hydrogen (secondary N) is 4. The number of anilines is 4. The summed E-state index contributed by atoms with van der Waals surface area (Å²) in [7, 11) is 6.48. The highest BCUT2D eigenvalue weighted by atomic mass is 16.5. The lowest BCUT2D eigenvalue weighted by Gasteiger charge is -2.20. The number of aliphatic imine (C=N–C) groups is 1. The number of hydrogen-bond acceptors (Lipinski definition) is 11. The molecule has 8 rings (SSSR count). The first-order chi connectivity index (χ1) is 30.3. The van der Waals surface area contributed by atoms with Crippen LogP contribution < -0.4 is 30.7 Å². The van der Waals surface area contributed by atoms with Gasteiger partial charge in [-0.3, -0.25) is 29.0 Å². The predicted molar refractivity (Wildman–Crippen MR) is 237 cm³/mol. The first-order valence-corrected chi connectivity index (χ1v) is 20.2. The van der Waals surface area contributed by atoms with Crippen molar-refractivity contribution >= 4 is 75.2 Å². The molecule has 1 atom stereocenters. The van der Waals surface area contributed by atoms with Gasteiger partial charge in [0, 0.05) is 82.6 Å². The molecule has 0 spiro atoms. The average Bonchev–Trinajstić information content (AvgIpc) is 4.08. The van der Waals surface area contributed by atoms with Crippen LogP contribution in [0.4, 0.5) is 28.6 Å². The van der Waals surface area contributed by atoms with Gasteiger partial charge in [-0.05, 0) is 56.2 Å². The quantitative estimate of drug-likeness (QED) is 0.0813. The normalized spacial score (nSPS) is 14.3. The third kappa shape index (κ3) is 8.52. The summed E-state index contributed by atoms with van der Waals surface area (Å²) in [4.78, 5) is 77.0. The van der Waals surface area contributed by atoms with Crippen LogP contribution in [0.5, 0.6) is 11.5 Å². The average molecular weight is 855 g/mol. The second-order valence-electron chi connectivity index (χ2n) is 15.3. The number of hydrogen-bond donors (Lipinski definition) is 4. The van der Waals surface area contributed by atoms with Crippen molar-refractivity contribution < 1.29 is 33.4 Å². The van der Waals surface area contributed by atoms with Crippen LogP contribution in [-0.4, -0.2) is 102 Å². The summed E-state index contributed by atoms with van der Waals surface area (Å²) in [5.74, 6) is -0.897. The summed E-state index contributed by atoms with van der Waals surface area (Å²) in [6, 6.07) is 11.9. The molecule has 2 aliphatic rings. The molecule has 0 aliphatic carbocycles. The Morgan fingerprint density at radius 1 is 0.873 bits per heavy atom. The van der Waals surface area contributed by atoms with Gasteiger partial charge in [0.05, 0.1) is 54.1 Å². The summed E-state index contributed by atoms with van der Waals surface area (Å²) in [5.41, 5.74) is 4.68.